The fourth-order valence-electron chi connectivity index (χ4n) is 4.17. The first-order valence-corrected chi connectivity index (χ1v) is 11.0. The molecule has 7 heteroatoms. The number of hydrogen-bond acceptors (Lipinski definition) is 4. The molecule has 0 spiro atoms. The highest BCUT2D eigenvalue weighted by molar-refractivity contribution is 5.81. The number of hydrogen-bond donors (Lipinski definition) is 2. The second-order valence-corrected chi connectivity index (χ2v) is 8.36. The summed E-state index contributed by atoms with van der Waals surface area (Å²) in [5.41, 5.74) is 1.13. The number of anilines is 1. The second-order valence-electron chi connectivity index (χ2n) is 8.36. The number of carbonyl (C=O) groups excluding carboxylic acids is 1. The molecule has 1 saturated carbocycles. The molecule has 1 aliphatic heterocycles. The molecule has 1 saturated heterocycles. The van der Waals surface area contributed by atoms with Crippen LogP contribution in [0.15, 0.2) is 23.3 Å². The summed E-state index contributed by atoms with van der Waals surface area (Å²) < 4.78 is 0. The first kappa shape index (κ1) is 21.4. The molecule has 29 heavy (non-hydrogen) atoms. The van der Waals surface area contributed by atoms with Gasteiger partial charge in [0.25, 0.3) is 0 Å². The molecular weight excluding hydrogens is 364 g/mol. The second kappa shape index (κ2) is 10.5. The fraction of sp³-hybridized carbons (Fsp3) is 0.682. The number of carbonyl (C=O) groups is 1. The van der Waals surface area contributed by atoms with Crippen molar-refractivity contribution in [2.75, 3.05) is 38.6 Å². The number of nitrogens with one attached hydrogen (secondary N) is 2. The Morgan fingerprint density at radius 2 is 2.07 bits per heavy atom. The highest BCUT2D eigenvalue weighted by Crippen LogP contribution is 2.26. The van der Waals surface area contributed by atoms with E-state index in [0.717, 1.165) is 56.2 Å². The maximum absolute atomic E-state index is 12.8. The van der Waals surface area contributed by atoms with E-state index < -0.39 is 0 Å². The Balaban J connectivity index is 1.55. The number of aliphatic imine (C=N–C) groups is 1. The van der Waals surface area contributed by atoms with Gasteiger partial charge in [-0.05, 0) is 43.9 Å². The molecule has 1 aromatic rings. The van der Waals surface area contributed by atoms with Gasteiger partial charge in [0.05, 0.1) is 6.54 Å². The highest BCUT2D eigenvalue weighted by Gasteiger charge is 2.31. The van der Waals surface area contributed by atoms with Gasteiger partial charge in [0.1, 0.15) is 5.82 Å². The quantitative estimate of drug-likeness (QED) is 0.567. The van der Waals surface area contributed by atoms with E-state index in [2.05, 4.69) is 33.5 Å². The van der Waals surface area contributed by atoms with Gasteiger partial charge in [-0.25, -0.2) is 9.98 Å². The van der Waals surface area contributed by atoms with Crippen molar-refractivity contribution < 1.29 is 4.79 Å². The zero-order valence-corrected chi connectivity index (χ0v) is 18.2. The van der Waals surface area contributed by atoms with Crippen LogP contribution in [0.1, 0.15) is 51.0 Å². The zero-order chi connectivity index (χ0) is 20.6. The van der Waals surface area contributed by atoms with E-state index in [-0.39, 0.29) is 12.0 Å². The normalized spacial score (nSPS) is 20.6. The summed E-state index contributed by atoms with van der Waals surface area (Å²) in [4.78, 5) is 26.0. The van der Waals surface area contributed by atoms with Crippen LogP contribution >= 0.6 is 0 Å². The molecule has 160 valence electrons. The fourth-order valence-corrected chi connectivity index (χ4v) is 4.17. The van der Waals surface area contributed by atoms with E-state index in [1.165, 1.54) is 19.3 Å². The number of aromatic nitrogens is 1. The van der Waals surface area contributed by atoms with Crippen molar-refractivity contribution in [2.24, 2.45) is 10.9 Å². The Morgan fingerprint density at radius 3 is 2.79 bits per heavy atom. The highest BCUT2D eigenvalue weighted by atomic mass is 16.2. The Bertz CT molecular complexity index is 698. The molecule has 3 rings (SSSR count). The largest absolute Gasteiger partial charge is 0.363 e. The summed E-state index contributed by atoms with van der Waals surface area (Å²) in [5.74, 6) is 2.36. The number of nitrogens with zero attached hydrogens (tertiary/aromatic N) is 4. The predicted molar refractivity (Wildman–Crippen MR) is 118 cm³/mol. The minimum Gasteiger partial charge on any atom is -0.363 e. The third-order valence-electron chi connectivity index (χ3n) is 5.83. The van der Waals surface area contributed by atoms with Crippen LogP contribution in [-0.4, -0.2) is 61.5 Å². The van der Waals surface area contributed by atoms with Gasteiger partial charge in [-0.1, -0.05) is 19.3 Å². The van der Waals surface area contributed by atoms with Crippen molar-refractivity contribution in [3.8, 4) is 0 Å². The van der Waals surface area contributed by atoms with Crippen molar-refractivity contribution in [3.05, 3.63) is 23.9 Å². The van der Waals surface area contributed by atoms with Crippen LogP contribution in [0.2, 0.25) is 0 Å². The summed E-state index contributed by atoms with van der Waals surface area (Å²) in [7, 11) is 3.98. The van der Waals surface area contributed by atoms with Crippen LogP contribution in [0.5, 0.6) is 0 Å². The lowest BCUT2D eigenvalue weighted by molar-refractivity contribution is -0.135. The minimum atomic E-state index is 0.252. The molecule has 1 amide bonds. The molecule has 2 fully saturated rings. The van der Waals surface area contributed by atoms with E-state index in [1.807, 2.05) is 31.3 Å². The van der Waals surface area contributed by atoms with Gasteiger partial charge in [0, 0.05) is 51.9 Å². The summed E-state index contributed by atoms with van der Waals surface area (Å²) in [5, 5.41) is 6.87. The average Bonchev–Trinajstić information content (AvgIpc) is 3.21. The van der Waals surface area contributed by atoms with Crippen LogP contribution in [-0.2, 0) is 11.3 Å². The molecule has 1 atom stereocenters. The van der Waals surface area contributed by atoms with Crippen LogP contribution < -0.4 is 15.5 Å². The SMILES string of the molecule is CCNC(=NCc1ccnc(N(C)C)c1)NC1CCN(C(=O)C2CCCCC2)C1. The Labute approximate surface area is 175 Å². The van der Waals surface area contributed by atoms with Gasteiger partial charge in [-0.15, -0.1) is 0 Å². The standard InChI is InChI=1S/C22H36N6O/c1-4-23-22(25-15-17-10-12-24-20(14-17)27(2)3)26-19-11-13-28(16-19)21(29)18-8-6-5-7-9-18/h10,12,14,18-19H,4-9,11,13,15-16H2,1-3H3,(H2,23,25,26). The van der Waals surface area contributed by atoms with Gasteiger partial charge in [0.2, 0.25) is 5.91 Å². The Morgan fingerprint density at radius 1 is 1.28 bits per heavy atom. The van der Waals surface area contributed by atoms with E-state index >= 15 is 0 Å². The summed E-state index contributed by atoms with van der Waals surface area (Å²) in [6, 6.07) is 4.32. The lowest BCUT2D eigenvalue weighted by Gasteiger charge is -2.26. The van der Waals surface area contributed by atoms with Crippen molar-refractivity contribution >= 4 is 17.7 Å². The predicted octanol–water partition coefficient (Wildman–Crippen LogP) is 2.38. The lowest BCUT2D eigenvalue weighted by Crippen LogP contribution is -2.45. The van der Waals surface area contributed by atoms with Crippen molar-refractivity contribution in [1.82, 2.24) is 20.5 Å². The molecule has 1 aliphatic carbocycles. The van der Waals surface area contributed by atoms with E-state index in [0.29, 0.717) is 12.5 Å². The maximum Gasteiger partial charge on any atom is 0.225 e. The van der Waals surface area contributed by atoms with Crippen LogP contribution in [0.3, 0.4) is 0 Å². The molecule has 2 heterocycles. The Hall–Kier alpha value is -2.31. The van der Waals surface area contributed by atoms with Crippen molar-refractivity contribution in [1.29, 1.82) is 0 Å². The van der Waals surface area contributed by atoms with Gasteiger partial charge in [-0.2, -0.15) is 0 Å². The summed E-state index contributed by atoms with van der Waals surface area (Å²) in [6.07, 6.45) is 8.62. The van der Waals surface area contributed by atoms with Crippen LogP contribution in [0, 0.1) is 5.92 Å². The van der Waals surface area contributed by atoms with Gasteiger partial charge in [-0.3, -0.25) is 4.79 Å². The molecular formula is C22H36N6O. The summed E-state index contributed by atoms with van der Waals surface area (Å²) in [6.45, 7) is 5.10. The number of likely N-dealkylation sites (tertiary alicyclic amines) is 1. The maximum atomic E-state index is 12.8. The van der Waals surface area contributed by atoms with Crippen molar-refractivity contribution in [3.63, 3.8) is 0 Å². The topological polar surface area (TPSA) is 72.9 Å². The molecule has 7 nitrogen and oxygen atoms in total. The Kier molecular flexibility index (Phi) is 7.72. The lowest BCUT2D eigenvalue weighted by atomic mass is 9.88. The molecule has 0 bridgehead atoms. The summed E-state index contributed by atoms with van der Waals surface area (Å²) >= 11 is 0. The van der Waals surface area contributed by atoms with Gasteiger partial charge < -0.3 is 20.4 Å². The number of pyridine rings is 1. The zero-order valence-electron chi connectivity index (χ0n) is 18.2. The molecule has 1 unspecified atom stereocenters. The van der Waals surface area contributed by atoms with Gasteiger partial charge >= 0.3 is 0 Å². The molecule has 2 aliphatic rings. The molecule has 0 radical (unpaired) electrons. The first-order valence-electron chi connectivity index (χ1n) is 11.0. The van der Waals surface area contributed by atoms with E-state index in [4.69, 9.17) is 4.99 Å². The van der Waals surface area contributed by atoms with E-state index in [9.17, 15) is 4.79 Å². The molecule has 2 N–H and O–H groups in total. The van der Waals surface area contributed by atoms with E-state index in [1.54, 1.807) is 0 Å². The van der Waals surface area contributed by atoms with Crippen LogP contribution in [0.4, 0.5) is 5.82 Å². The molecule has 1 aromatic heterocycles. The number of rotatable bonds is 6. The van der Waals surface area contributed by atoms with Crippen molar-refractivity contribution in [2.45, 2.75) is 58.0 Å². The first-order chi connectivity index (χ1) is 14.1. The molecule has 0 aromatic carbocycles. The van der Waals surface area contributed by atoms with Gasteiger partial charge in [0.15, 0.2) is 5.96 Å². The number of amides is 1. The monoisotopic (exact) mass is 400 g/mol. The number of guanidine groups is 1. The third-order valence-corrected chi connectivity index (χ3v) is 5.83. The van der Waals surface area contributed by atoms with Crippen LogP contribution in [0.25, 0.3) is 0 Å². The third kappa shape index (κ3) is 6.08. The average molecular weight is 401 g/mol. The minimum absolute atomic E-state index is 0.252. The smallest absolute Gasteiger partial charge is 0.225 e.